The molecular formula is C25H36N4O2. The Labute approximate surface area is 186 Å². The van der Waals surface area contributed by atoms with E-state index in [0.29, 0.717) is 12.5 Å². The van der Waals surface area contributed by atoms with Gasteiger partial charge in [0.2, 0.25) is 0 Å². The van der Waals surface area contributed by atoms with E-state index < -0.39 is 6.10 Å². The van der Waals surface area contributed by atoms with Crippen LogP contribution in [0.15, 0.2) is 18.2 Å². The molecule has 3 heterocycles. The molecule has 1 aromatic carbocycles. The molecule has 6 heteroatoms. The summed E-state index contributed by atoms with van der Waals surface area (Å²) in [6.07, 6.45) is 6.20. The van der Waals surface area contributed by atoms with Crippen molar-refractivity contribution >= 4 is 5.91 Å². The van der Waals surface area contributed by atoms with Crippen molar-refractivity contribution in [2.24, 2.45) is 0 Å². The maximum absolute atomic E-state index is 13.2. The molecule has 4 rings (SSSR count). The van der Waals surface area contributed by atoms with Gasteiger partial charge in [0.1, 0.15) is 17.4 Å². The first-order chi connectivity index (χ1) is 14.9. The highest BCUT2D eigenvalue weighted by molar-refractivity contribution is 5.81. The van der Waals surface area contributed by atoms with Crippen molar-refractivity contribution in [1.82, 2.24) is 19.7 Å². The van der Waals surface area contributed by atoms with Gasteiger partial charge in [0.25, 0.3) is 5.91 Å². The SMILES string of the molecule is Cc1ccc(C(C)C)cc1OC(C)C(=O)N1CCCC(c2nnc3n2CCCCC3)C1. The van der Waals surface area contributed by atoms with Crippen LogP contribution in [0.5, 0.6) is 5.75 Å². The number of ether oxygens (including phenoxy) is 1. The Morgan fingerprint density at radius 2 is 1.94 bits per heavy atom. The van der Waals surface area contributed by atoms with Gasteiger partial charge in [-0.25, -0.2) is 0 Å². The smallest absolute Gasteiger partial charge is 0.263 e. The Morgan fingerprint density at radius 3 is 2.74 bits per heavy atom. The molecular weight excluding hydrogens is 388 g/mol. The lowest BCUT2D eigenvalue weighted by molar-refractivity contribution is -0.139. The molecule has 6 nitrogen and oxygen atoms in total. The number of hydrogen-bond acceptors (Lipinski definition) is 4. The van der Waals surface area contributed by atoms with Crippen molar-refractivity contribution in [2.45, 2.75) is 90.7 Å². The van der Waals surface area contributed by atoms with Crippen LogP contribution in [0.25, 0.3) is 0 Å². The molecule has 2 atom stereocenters. The van der Waals surface area contributed by atoms with Gasteiger partial charge >= 0.3 is 0 Å². The number of fused-ring (bicyclic) bond motifs is 1. The Hall–Kier alpha value is -2.37. The first kappa shape index (κ1) is 21.8. The van der Waals surface area contributed by atoms with Crippen LogP contribution in [0.4, 0.5) is 0 Å². The molecule has 0 bridgehead atoms. The molecule has 2 aliphatic heterocycles. The molecule has 1 amide bonds. The first-order valence-electron chi connectivity index (χ1n) is 11.9. The number of carbonyl (C=O) groups is 1. The summed E-state index contributed by atoms with van der Waals surface area (Å²) in [7, 11) is 0. The molecule has 0 radical (unpaired) electrons. The van der Waals surface area contributed by atoms with E-state index in [-0.39, 0.29) is 11.8 Å². The standard InChI is InChI=1S/C25H36N4O2/c1-17(2)20-12-11-18(3)22(15-20)31-19(4)25(30)28-13-8-9-21(16-28)24-27-26-23-10-6-5-7-14-29(23)24/h11-12,15,17,19,21H,5-10,13-14,16H2,1-4H3. The summed E-state index contributed by atoms with van der Waals surface area (Å²) in [5.41, 5.74) is 2.29. The summed E-state index contributed by atoms with van der Waals surface area (Å²) in [4.78, 5) is 15.2. The van der Waals surface area contributed by atoms with Gasteiger partial charge in [0.05, 0.1) is 0 Å². The largest absolute Gasteiger partial charge is 0.481 e. The molecule has 0 aliphatic carbocycles. The number of carbonyl (C=O) groups excluding carboxylic acids is 1. The third-order valence-corrected chi connectivity index (χ3v) is 6.77. The van der Waals surface area contributed by atoms with Gasteiger partial charge in [-0.15, -0.1) is 10.2 Å². The minimum absolute atomic E-state index is 0.0645. The van der Waals surface area contributed by atoms with E-state index in [1.165, 1.54) is 24.8 Å². The molecule has 0 N–H and O–H groups in total. The predicted molar refractivity (Wildman–Crippen MR) is 121 cm³/mol. The molecule has 1 saturated heterocycles. The second kappa shape index (κ2) is 9.41. The van der Waals surface area contributed by atoms with Gasteiger partial charge in [-0.1, -0.05) is 32.4 Å². The summed E-state index contributed by atoms with van der Waals surface area (Å²) < 4.78 is 8.49. The molecule has 2 aliphatic rings. The van der Waals surface area contributed by atoms with Crippen molar-refractivity contribution in [3.8, 4) is 5.75 Å². The van der Waals surface area contributed by atoms with Crippen LogP contribution in [0.3, 0.4) is 0 Å². The molecule has 0 saturated carbocycles. The van der Waals surface area contributed by atoms with Crippen molar-refractivity contribution in [3.05, 3.63) is 41.0 Å². The predicted octanol–water partition coefficient (Wildman–Crippen LogP) is 4.61. The van der Waals surface area contributed by atoms with Crippen LogP contribution in [-0.4, -0.2) is 44.8 Å². The van der Waals surface area contributed by atoms with E-state index in [2.05, 4.69) is 46.8 Å². The number of aryl methyl sites for hydroxylation is 2. The molecule has 2 unspecified atom stereocenters. The Balaban J connectivity index is 1.44. The van der Waals surface area contributed by atoms with Gasteiger partial charge in [0, 0.05) is 32.0 Å². The fourth-order valence-electron chi connectivity index (χ4n) is 4.80. The van der Waals surface area contributed by atoms with Crippen LogP contribution in [-0.2, 0) is 17.8 Å². The lowest BCUT2D eigenvalue weighted by Gasteiger charge is -2.34. The van der Waals surface area contributed by atoms with Gasteiger partial charge in [0.15, 0.2) is 6.10 Å². The third-order valence-electron chi connectivity index (χ3n) is 6.77. The van der Waals surface area contributed by atoms with Crippen molar-refractivity contribution in [1.29, 1.82) is 0 Å². The molecule has 1 fully saturated rings. The van der Waals surface area contributed by atoms with Crippen LogP contribution in [0.1, 0.15) is 87.5 Å². The van der Waals surface area contributed by atoms with E-state index in [9.17, 15) is 4.79 Å². The molecule has 31 heavy (non-hydrogen) atoms. The zero-order chi connectivity index (χ0) is 22.0. The number of hydrogen-bond donors (Lipinski definition) is 0. The highest BCUT2D eigenvalue weighted by Crippen LogP contribution is 2.29. The summed E-state index contributed by atoms with van der Waals surface area (Å²) in [6, 6.07) is 6.29. The summed E-state index contributed by atoms with van der Waals surface area (Å²) in [5, 5.41) is 9.02. The van der Waals surface area contributed by atoms with E-state index in [1.54, 1.807) is 0 Å². The number of rotatable bonds is 5. The molecule has 2 aromatic rings. The van der Waals surface area contributed by atoms with Gasteiger partial charge in [-0.05, 0) is 62.6 Å². The molecule has 1 aromatic heterocycles. The highest BCUT2D eigenvalue weighted by atomic mass is 16.5. The Bertz CT molecular complexity index is 920. The summed E-state index contributed by atoms with van der Waals surface area (Å²) >= 11 is 0. The zero-order valence-electron chi connectivity index (χ0n) is 19.4. The van der Waals surface area contributed by atoms with Gasteiger partial charge in [-0.2, -0.15) is 0 Å². The van der Waals surface area contributed by atoms with E-state index >= 15 is 0 Å². The topological polar surface area (TPSA) is 60.2 Å². The van der Waals surface area contributed by atoms with Crippen molar-refractivity contribution in [2.75, 3.05) is 13.1 Å². The lowest BCUT2D eigenvalue weighted by Crippen LogP contribution is -2.45. The number of likely N-dealkylation sites (tertiary alicyclic amines) is 1. The third kappa shape index (κ3) is 4.78. The number of piperidine rings is 1. The van der Waals surface area contributed by atoms with E-state index in [4.69, 9.17) is 4.74 Å². The normalized spacial score (nSPS) is 20.3. The minimum atomic E-state index is -0.504. The van der Waals surface area contributed by atoms with Crippen LogP contribution in [0, 0.1) is 6.92 Å². The highest BCUT2D eigenvalue weighted by Gasteiger charge is 2.32. The summed E-state index contributed by atoms with van der Waals surface area (Å²) in [6.45, 7) is 10.7. The van der Waals surface area contributed by atoms with E-state index in [1.807, 2.05) is 18.7 Å². The number of amides is 1. The van der Waals surface area contributed by atoms with Gasteiger partial charge < -0.3 is 14.2 Å². The van der Waals surface area contributed by atoms with Gasteiger partial charge in [-0.3, -0.25) is 4.79 Å². The minimum Gasteiger partial charge on any atom is -0.481 e. The molecule has 0 spiro atoms. The number of benzene rings is 1. The van der Waals surface area contributed by atoms with Crippen molar-refractivity contribution < 1.29 is 9.53 Å². The molecule has 168 valence electrons. The van der Waals surface area contributed by atoms with Crippen molar-refractivity contribution in [3.63, 3.8) is 0 Å². The number of aromatic nitrogens is 3. The average Bonchev–Trinajstić information content (AvgIpc) is 3.02. The van der Waals surface area contributed by atoms with Crippen LogP contribution >= 0.6 is 0 Å². The van der Waals surface area contributed by atoms with E-state index in [0.717, 1.165) is 55.3 Å². The first-order valence-corrected chi connectivity index (χ1v) is 11.9. The lowest BCUT2D eigenvalue weighted by atomic mass is 9.96. The maximum atomic E-state index is 13.2. The van der Waals surface area contributed by atoms with Crippen LogP contribution in [0.2, 0.25) is 0 Å². The maximum Gasteiger partial charge on any atom is 0.263 e. The zero-order valence-corrected chi connectivity index (χ0v) is 19.4. The second-order valence-electron chi connectivity index (χ2n) is 9.50. The second-order valence-corrected chi connectivity index (χ2v) is 9.50. The number of nitrogens with zero attached hydrogens (tertiary/aromatic N) is 4. The fourth-order valence-corrected chi connectivity index (χ4v) is 4.80. The van der Waals surface area contributed by atoms with Crippen LogP contribution < -0.4 is 4.74 Å². The fraction of sp³-hybridized carbons (Fsp3) is 0.640. The monoisotopic (exact) mass is 424 g/mol. The Morgan fingerprint density at radius 1 is 1.10 bits per heavy atom. The summed E-state index contributed by atoms with van der Waals surface area (Å²) in [5.74, 6) is 3.75. The Kier molecular flexibility index (Phi) is 6.63. The average molecular weight is 425 g/mol. The quantitative estimate of drug-likeness (QED) is 0.703.